The number of hydrogen-bond acceptors (Lipinski definition) is 6. The van der Waals surface area contributed by atoms with Crippen LogP contribution in [0.4, 0.5) is 0 Å². The molecule has 1 aromatic heterocycles. The van der Waals surface area contributed by atoms with E-state index in [1.807, 2.05) is 12.1 Å². The van der Waals surface area contributed by atoms with Crippen LogP contribution in [0.25, 0.3) is 0 Å². The Morgan fingerprint density at radius 1 is 0.895 bits per heavy atom. The molecule has 0 amide bonds. The van der Waals surface area contributed by atoms with Crippen LogP contribution >= 0.6 is 0 Å². The zero-order valence-electron chi connectivity index (χ0n) is 9.63. The number of rotatable bonds is 5. The maximum absolute atomic E-state index is 10.3. The Balaban J connectivity index is 0.000000443. The minimum absolute atomic E-state index is 1.14. The van der Waals surface area contributed by atoms with Gasteiger partial charge in [-0.2, -0.15) is 10.2 Å². The minimum Gasteiger partial charge on any atom is -0.481 e. The van der Waals surface area contributed by atoms with Crippen molar-refractivity contribution in [2.24, 2.45) is 0 Å². The van der Waals surface area contributed by atoms with Crippen LogP contribution in [0.1, 0.15) is 12.8 Å². The van der Waals surface area contributed by atoms with Crippen LogP contribution in [-0.2, 0) is 14.4 Å². The molecule has 0 bridgehead atoms. The zero-order chi connectivity index (χ0) is 14.9. The topological polar surface area (TPSA) is 158 Å². The Kier molecular flexibility index (Phi) is 6.68. The maximum atomic E-state index is 10.3. The molecule has 1 rings (SSSR count). The van der Waals surface area contributed by atoms with E-state index in [2.05, 4.69) is 10.2 Å². The van der Waals surface area contributed by atoms with Crippen LogP contribution in [0.3, 0.4) is 0 Å². The van der Waals surface area contributed by atoms with Crippen molar-refractivity contribution < 1.29 is 34.8 Å². The normalized spacial score (nSPS) is 9.95. The Labute approximate surface area is 107 Å². The molecule has 0 aromatic carbocycles. The molecule has 0 aliphatic heterocycles. The van der Waals surface area contributed by atoms with Gasteiger partial charge in [0, 0.05) is 12.4 Å². The number of hydrogen-bond donors (Lipinski definition) is 4. The number of nitrogens with zero attached hydrogens (tertiary/aromatic N) is 2. The van der Waals surface area contributed by atoms with Gasteiger partial charge in [0.1, 0.15) is 0 Å². The van der Waals surface area contributed by atoms with Crippen molar-refractivity contribution >= 4 is 17.9 Å². The molecule has 0 aliphatic rings. The van der Waals surface area contributed by atoms with Gasteiger partial charge in [-0.1, -0.05) is 0 Å². The summed E-state index contributed by atoms with van der Waals surface area (Å²) >= 11 is 0. The summed E-state index contributed by atoms with van der Waals surface area (Å²) < 4.78 is 0. The Hall–Kier alpha value is -2.55. The molecule has 0 atom stereocenters. The molecule has 9 heteroatoms. The minimum atomic E-state index is -2.74. The molecule has 1 heterocycles. The SMILES string of the molecule is O=C(O)CC(O)(CC(=O)O)C(=O)O.c1ccnnc1. The summed E-state index contributed by atoms with van der Waals surface area (Å²) in [5, 5.41) is 40.9. The number of carboxylic acids is 3. The van der Waals surface area contributed by atoms with Crippen molar-refractivity contribution in [2.75, 3.05) is 0 Å². The first-order chi connectivity index (χ1) is 8.78. The van der Waals surface area contributed by atoms with Crippen LogP contribution in [-0.4, -0.2) is 54.1 Å². The second-order valence-corrected chi connectivity index (χ2v) is 3.39. The van der Waals surface area contributed by atoms with Gasteiger partial charge in [-0.3, -0.25) is 9.59 Å². The summed E-state index contributed by atoms with van der Waals surface area (Å²) in [7, 11) is 0. The largest absolute Gasteiger partial charge is 0.481 e. The highest BCUT2D eigenvalue weighted by Gasteiger charge is 2.40. The fraction of sp³-hybridized carbons (Fsp3) is 0.300. The van der Waals surface area contributed by atoms with Gasteiger partial charge in [-0.15, -0.1) is 0 Å². The van der Waals surface area contributed by atoms with E-state index in [1.54, 1.807) is 12.4 Å². The molecule has 0 saturated carbocycles. The van der Waals surface area contributed by atoms with Crippen LogP contribution in [0.2, 0.25) is 0 Å². The van der Waals surface area contributed by atoms with Crippen LogP contribution in [0.15, 0.2) is 24.5 Å². The first-order valence-electron chi connectivity index (χ1n) is 4.89. The van der Waals surface area contributed by atoms with Crippen molar-refractivity contribution in [1.82, 2.24) is 10.2 Å². The highest BCUT2D eigenvalue weighted by Crippen LogP contribution is 2.15. The Bertz CT molecular complexity index is 392. The lowest BCUT2D eigenvalue weighted by atomic mass is 9.96. The van der Waals surface area contributed by atoms with Gasteiger partial charge in [0.05, 0.1) is 12.8 Å². The molecule has 19 heavy (non-hydrogen) atoms. The van der Waals surface area contributed by atoms with Crippen molar-refractivity contribution in [3.8, 4) is 0 Å². The number of aliphatic carboxylic acids is 3. The first kappa shape index (κ1) is 16.4. The maximum Gasteiger partial charge on any atom is 0.336 e. The first-order valence-corrected chi connectivity index (χ1v) is 4.89. The van der Waals surface area contributed by atoms with E-state index < -0.39 is 36.4 Å². The van der Waals surface area contributed by atoms with Gasteiger partial charge in [-0.25, -0.2) is 4.79 Å². The molecule has 9 nitrogen and oxygen atoms in total. The highest BCUT2D eigenvalue weighted by molar-refractivity contribution is 5.88. The second-order valence-electron chi connectivity index (χ2n) is 3.39. The number of carbonyl (C=O) groups is 3. The van der Waals surface area contributed by atoms with Crippen LogP contribution in [0, 0.1) is 0 Å². The van der Waals surface area contributed by atoms with E-state index in [0.29, 0.717) is 0 Å². The molecule has 1 aromatic rings. The van der Waals surface area contributed by atoms with E-state index in [0.717, 1.165) is 0 Å². The number of carboxylic acid groups (broad SMARTS) is 3. The molecule has 0 unspecified atom stereocenters. The zero-order valence-corrected chi connectivity index (χ0v) is 9.63. The molecule has 0 aliphatic carbocycles. The summed E-state index contributed by atoms with van der Waals surface area (Å²) in [6.45, 7) is 0. The van der Waals surface area contributed by atoms with Gasteiger partial charge >= 0.3 is 17.9 Å². The summed E-state index contributed by atoms with van der Waals surface area (Å²) in [6.07, 6.45) is 0.989. The fourth-order valence-electron chi connectivity index (χ4n) is 0.967. The smallest absolute Gasteiger partial charge is 0.336 e. The molecular formula is C10H12N2O7. The van der Waals surface area contributed by atoms with Crippen LogP contribution in [0.5, 0.6) is 0 Å². The van der Waals surface area contributed by atoms with Gasteiger partial charge in [0.15, 0.2) is 5.60 Å². The molecule has 0 spiro atoms. The lowest BCUT2D eigenvalue weighted by Gasteiger charge is -2.18. The van der Waals surface area contributed by atoms with E-state index >= 15 is 0 Å². The van der Waals surface area contributed by atoms with E-state index in [9.17, 15) is 14.4 Å². The average Bonchev–Trinajstić information content (AvgIpc) is 2.29. The van der Waals surface area contributed by atoms with Crippen molar-refractivity contribution in [3.05, 3.63) is 24.5 Å². The van der Waals surface area contributed by atoms with Gasteiger partial charge < -0.3 is 20.4 Å². The van der Waals surface area contributed by atoms with E-state index in [4.69, 9.17) is 20.4 Å². The standard InChI is InChI=1S/C6H8O7.C4H4N2/c7-3(8)1-6(13,5(11)12)2-4(9)10;1-2-4-6-5-3-1/h13H,1-2H2,(H,7,8)(H,9,10)(H,11,12);1-4H. The summed E-state index contributed by atoms with van der Waals surface area (Å²) in [6, 6.07) is 3.65. The second kappa shape index (κ2) is 7.71. The molecular weight excluding hydrogens is 260 g/mol. The number of aliphatic hydroxyl groups is 1. The van der Waals surface area contributed by atoms with Gasteiger partial charge in [-0.05, 0) is 12.1 Å². The third kappa shape index (κ3) is 7.39. The van der Waals surface area contributed by atoms with Gasteiger partial charge in [0.2, 0.25) is 0 Å². The van der Waals surface area contributed by atoms with Crippen molar-refractivity contribution in [3.63, 3.8) is 0 Å². The Morgan fingerprint density at radius 2 is 1.26 bits per heavy atom. The summed E-state index contributed by atoms with van der Waals surface area (Å²) in [5.74, 6) is -5.02. The molecule has 0 fully saturated rings. The predicted molar refractivity (Wildman–Crippen MR) is 59.1 cm³/mol. The third-order valence-electron chi connectivity index (χ3n) is 1.77. The average molecular weight is 272 g/mol. The van der Waals surface area contributed by atoms with E-state index in [-0.39, 0.29) is 0 Å². The summed E-state index contributed by atoms with van der Waals surface area (Å²) in [4.78, 5) is 30.5. The quantitative estimate of drug-likeness (QED) is 0.539. The molecule has 4 N–H and O–H groups in total. The fourth-order valence-corrected chi connectivity index (χ4v) is 0.967. The summed E-state index contributed by atoms with van der Waals surface area (Å²) in [5.41, 5.74) is -2.74. The Morgan fingerprint density at radius 3 is 1.42 bits per heavy atom. The van der Waals surface area contributed by atoms with Crippen LogP contribution < -0.4 is 0 Å². The van der Waals surface area contributed by atoms with Crippen molar-refractivity contribution in [1.29, 1.82) is 0 Å². The predicted octanol–water partition coefficient (Wildman–Crippen LogP) is -0.772. The molecule has 0 saturated heterocycles. The monoisotopic (exact) mass is 272 g/mol. The highest BCUT2D eigenvalue weighted by atomic mass is 16.4. The lowest BCUT2D eigenvalue weighted by molar-refractivity contribution is -0.170. The third-order valence-corrected chi connectivity index (χ3v) is 1.77. The molecule has 104 valence electrons. The van der Waals surface area contributed by atoms with Crippen molar-refractivity contribution in [2.45, 2.75) is 18.4 Å². The lowest BCUT2D eigenvalue weighted by Crippen LogP contribution is -2.42. The van der Waals surface area contributed by atoms with E-state index in [1.165, 1.54) is 0 Å². The number of aromatic nitrogens is 2. The molecule has 0 radical (unpaired) electrons. The van der Waals surface area contributed by atoms with Gasteiger partial charge in [0.25, 0.3) is 0 Å².